The second-order valence-corrected chi connectivity index (χ2v) is 14.5. The number of nitrogens with zero attached hydrogens (tertiary/aromatic N) is 4. The molecule has 256 valence electrons. The number of aliphatic imine (C=N–C) groups is 1. The van der Waals surface area contributed by atoms with E-state index in [9.17, 15) is 4.79 Å². The predicted molar refractivity (Wildman–Crippen MR) is 196 cm³/mol. The number of aromatic amines is 1. The van der Waals surface area contributed by atoms with Gasteiger partial charge in [0.15, 0.2) is 5.96 Å². The summed E-state index contributed by atoms with van der Waals surface area (Å²) in [6.45, 7) is 19.5. The molecule has 0 bridgehead atoms. The van der Waals surface area contributed by atoms with Crippen molar-refractivity contribution in [2.75, 3.05) is 13.1 Å². The molecule has 1 aromatic carbocycles. The predicted octanol–water partition coefficient (Wildman–Crippen LogP) is 5.38. The lowest BCUT2D eigenvalue weighted by atomic mass is 9.90. The van der Waals surface area contributed by atoms with E-state index in [-0.39, 0.29) is 22.5 Å². The summed E-state index contributed by atoms with van der Waals surface area (Å²) in [5.74, 6) is 0.123. The number of hydrogen-bond donors (Lipinski definition) is 5. The third-order valence-electron chi connectivity index (χ3n) is 7.87. The van der Waals surface area contributed by atoms with Crippen molar-refractivity contribution in [1.82, 2.24) is 24.8 Å². The van der Waals surface area contributed by atoms with Gasteiger partial charge in [-0.1, -0.05) is 60.6 Å². The monoisotopic (exact) mass is 643 g/mol. The Labute approximate surface area is 280 Å². The van der Waals surface area contributed by atoms with E-state index < -0.39 is 0 Å². The fraction of sp³-hybridized carbons (Fsp3) is 0.514. The Hall–Kier alpha value is -4.02. The first-order valence-corrected chi connectivity index (χ1v) is 16.8. The molecule has 0 aliphatic carbocycles. The summed E-state index contributed by atoms with van der Waals surface area (Å²) in [6.07, 6.45) is 7.02. The number of aryl methyl sites for hydroxylation is 2. The van der Waals surface area contributed by atoms with E-state index >= 15 is 0 Å². The summed E-state index contributed by atoms with van der Waals surface area (Å²) >= 11 is 0. The first-order chi connectivity index (χ1) is 22.1. The van der Waals surface area contributed by atoms with Crippen LogP contribution in [0.1, 0.15) is 103 Å². The van der Waals surface area contributed by atoms with E-state index in [1.54, 1.807) is 4.57 Å². The van der Waals surface area contributed by atoms with Crippen molar-refractivity contribution < 1.29 is 0 Å². The summed E-state index contributed by atoms with van der Waals surface area (Å²) in [6, 6.07) is 14.7. The number of fused-ring (bicyclic) bond motifs is 1. The van der Waals surface area contributed by atoms with E-state index in [2.05, 4.69) is 93.9 Å². The minimum absolute atomic E-state index is 0.0352. The molecular formula is C37H57N9O. The number of guanidine groups is 1. The molecule has 3 aromatic heterocycles. The molecule has 0 aliphatic rings. The smallest absolute Gasteiger partial charge is 0.354 e. The number of H-pyrrole nitrogens is 1. The van der Waals surface area contributed by atoms with Crippen molar-refractivity contribution in [2.24, 2.45) is 22.2 Å². The number of nitrogens with two attached hydrogens (primary N) is 3. The van der Waals surface area contributed by atoms with Crippen LogP contribution in [0.2, 0.25) is 0 Å². The van der Waals surface area contributed by atoms with Crippen LogP contribution >= 0.6 is 0 Å². The number of pyridine rings is 1. The summed E-state index contributed by atoms with van der Waals surface area (Å²) in [4.78, 5) is 28.7. The summed E-state index contributed by atoms with van der Waals surface area (Å²) in [7, 11) is 0. The molecule has 4 aromatic rings. The normalized spacial score (nSPS) is 12.4. The molecule has 0 unspecified atom stereocenters. The molecule has 4 rings (SSSR count). The van der Waals surface area contributed by atoms with Crippen LogP contribution < -0.4 is 28.2 Å². The van der Waals surface area contributed by atoms with Crippen LogP contribution in [0.5, 0.6) is 0 Å². The molecule has 10 heteroatoms. The van der Waals surface area contributed by atoms with Crippen molar-refractivity contribution in [3.63, 3.8) is 0 Å². The van der Waals surface area contributed by atoms with E-state index in [0.717, 1.165) is 67.5 Å². The topological polar surface area (TPSA) is 166 Å². The van der Waals surface area contributed by atoms with Gasteiger partial charge in [-0.3, -0.25) is 14.5 Å². The highest BCUT2D eigenvalue weighted by molar-refractivity contribution is 5.76. The number of hydrogen-bond acceptors (Lipinski definition) is 6. The van der Waals surface area contributed by atoms with Crippen molar-refractivity contribution in [2.45, 2.75) is 111 Å². The zero-order valence-electron chi connectivity index (χ0n) is 29.8. The van der Waals surface area contributed by atoms with Gasteiger partial charge in [0.05, 0.1) is 5.69 Å². The van der Waals surface area contributed by atoms with Gasteiger partial charge in [0.25, 0.3) is 0 Å². The second-order valence-electron chi connectivity index (χ2n) is 14.5. The summed E-state index contributed by atoms with van der Waals surface area (Å²) in [5.41, 5.74) is 23.6. The SMILES string of the molecule is CC(C)(C)c1cc2cn(-c3ccc(CNCCCN=C(N)N)cc3)c(=O)nc2[nH]1.CCc1cc(CCC[C@H](C)N)nc(C(C)(C)C)c1. The second kappa shape index (κ2) is 16.7. The van der Waals surface area contributed by atoms with Crippen LogP contribution in [0, 0.1) is 0 Å². The molecular weight excluding hydrogens is 586 g/mol. The van der Waals surface area contributed by atoms with Crippen molar-refractivity contribution >= 4 is 17.0 Å². The van der Waals surface area contributed by atoms with Crippen LogP contribution in [-0.2, 0) is 30.2 Å². The van der Waals surface area contributed by atoms with Crippen LogP contribution in [-0.4, -0.2) is 44.6 Å². The van der Waals surface area contributed by atoms with Crippen LogP contribution in [0.3, 0.4) is 0 Å². The molecule has 0 saturated heterocycles. The maximum atomic E-state index is 12.5. The van der Waals surface area contributed by atoms with E-state index in [4.69, 9.17) is 22.2 Å². The third-order valence-corrected chi connectivity index (χ3v) is 7.87. The largest absolute Gasteiger partial charge is 0.370 e. The van der Waals surface area contributed by atoms with Gasteiger partial charge in [-0.2, -0.15) is 4.98 Å². The maximum Gasteiger partial charge on any atom is 0.354 e. The molecule has 0 spiro atoms. The third kappa shape index (κ3) is 11.9. The zero-order chi connectivity index (χ0) is 34.8. The van der Waals surface area contributed by atoms with E-state index in [0.29, 0.717) is 18.2 Å². The number of benzene rings is 1. The van der Waals surface area contributed by atoms with E-state index in [1.807, 2.05) is 30.5 Å². The van der Waals surface area contributed by atoms with Gasteiger partial charge in [-0.15, -0.1) is 0 Å². The maximum absolute atomic E-state index is 12.5. The fourth-order valence-corrected chi connectivity index (χ4v) is 4.97. The number of nitrogens with one attached hydrogen (secondary N) is 2. The Morgan fingerprint density at radius 1 is 0.979 bits per heavy atom. The van der Waals surface area contributed by atoms with Gasteiger partial charge < -0.3 is 27.5 Å². The van der Waals surface area contributed by atoms with Gasteiger partial charge in [-0.25, -0.2) is 4.79 Å². The first-order valence-electron chi connectivity index (χ1n) is 16.8. The van der Waals surface area contributed by atoms with Crippen molar-refractivity contribution in [3.8, 4) is 5.69 Å². The lowest BCUT2D eigenvalue weighted by Gasteiger charge is -2.20. The first kappa shape index (κ1) is 37.4. The Kier molecular flexibility index (Phi) is 13.3. The van der Waals surface area contributed by atoms with Gasteiger partial charge in [-0.05, 0) is 87.0 Å². The molecule has 0 fully saturated rings. The van der Waals surface area contributed by atoms with Crippen LogP contribution in [0.4, 0.5) is 0 Å². The van der Waals surface area contributed by atoms with Crippen LogP contribution in [0.25, 0.3) is 16.7 Å². The minimum Gasteiger partial charge on any atom is -0.370 e. The van der Waals surface area contributed by atoms with Gasteiger partial charge in [0.1, 0.15) is 5.65 Å². The lowest BCUT2D eigenvalue weighted by Crippen LogP contribution is -2.23. The Morgan fingerprint density at radius 2 is 1.68 bits per heavy atom. The number of aromatic nitrogens is 4. The average molecular weight is 644 g/mol. The van der Waals surface area contributed by atoms with E-state index in [1.165, 1.54) is 17.0 Å². The van der Waals surface area contributed by atoms with Crippen LogP contribution in [0.15, 0.2) is 58.4 Å². The molecule has 0 saturated carbocycles. The Morgan fingerprint density at radius 3 is 2.28 bits per heavy atom. The molecule has 0 aliphatic heterocycles. The molecule has 0 radical (unpaired) electrons. The molecule has 3 heterocycles. The molecule has 0 amide bonds. The highest BCUT2D eigenvalue weighted by Crippen LogP contribution is 2.25. The van der Waals surface area contributed by atoms with Gasteiger partial charge >= 0.3 is 5.69 Å². The van der Waals surface area contributed by atoms with Crippen molar-refractivity contribution in [3.05, 3.63) is 87.4 Å². The highest BCUT2D eigenvalue weighted by atomic mass is 16.1. The fourth-order valence-electron chi connectivity index (χ4n) is 4.97. The molecule has 8 N–H and O–H groups in total. The average Bonchev–Trinajstić information content (AvgIpc) is 3.42. The zero-order valence-corrected chi connectivity index (χ0v) is 29.8. The standard InChI is InChI=1S/C21H29N7O.C16H28N2/c1-21(2,3)17-11-15-13-28(20(29)27-18(15)26-17)16-7-5-14(6-8-16)12-24-9-4-10-25-19(22)23;1-6-13-10-14(9-7-8-12(2)17)18-15(11-13)16(3,4)5/h5-8,11,13,24H,4,9-10,12H2,1-3H3,(H4,22,23,25)(H,26,27,29);10-12H,6-9,17H2,1-5H3/t;12-/m.0/s1. The molecule has 1 atom stereocenters. The minimum atomic E-state index is -0.301. The van der Waals surface area contributed by atoms with Gasteiger partial charge in [0.2, 0.25) is 0 Å². The molecule has 10 nitrogen and oxygen atoms in total. The quantitative estimate of drug-likeness (QED) is 0.0786. The summed E-state index contributed by atoms with van der Waals surface area (Å²) < 4.78 is 1.58. The van der Waals surface area contributed by atoms with Crippen molar-refractivity contribution in [1.29, 1.82) is 0 Å². The summed E-state index contributed by atoms with van der Waals surface area (Å²) in [5, 5.41) is 4.27. The Bertz CT molecular complexity index is 1650. The number of rotatable bonds is 12. The Balaban J connectivity index is 0.000000287. The molecule has 47 heavy (non-hydrogen) atoms. The lowest BCUT2D eigenvalue weighted by molar-refractivity contribution is 0.560. The highest BCUT2D eigenvalue weighted by Gasteiger charge is 2.18. The van der Waals surface area contributed by atoms with Gasteiger partial charge in [0, 0.05) is 58.6 Å².